The van der Waals surface area contributed by atoms with E-state index in [1.807, 2.05) is 7.05 Å². The van der Waals surface area contributed by atoms with Gasteiger partial charge in [0.05, 0.1) is 0 Å². The highest BCUT2D eigenvalue weighted by Crippen LogP contribution is 2.25. The molecule has 1 aromatic rings. The van der Waals surface area contributed by atoms with E-state index in [0.29, 0.717) is 6.42 Å². The van der Waals surface area contributed by atoms with Crippen molar-refractivity contribution in [2.75, 3.05) is 18.5 Å². The normalized spacial score (nSPS) is 10.3. The summed E-state index contributed by atoms with van der Waals surface area (Å²) in [4.78, 5) is 13.1. The van der Waals surface area contributed by atoms with Gasteiger partial charge >= 0.3 is 0 Å². The summed E-state index contributed by atoms with van der Waals surface area (Å²) in [6.07, 6.45) is 0.614. The number of carbonyl (C=O) groups is 1. The quantitative estimate of drug-likeness (QED) is 0.775. The maximum Gasteiger partial charge on any atom is 0.131 e. The molecule has 0 aromatic heterocycles. The summed E-state index contributed by atoms with van der Waals surface area (Å²) in [6, 6.07) is 4.37. The number of benzene rings is 1. The molecule has 16 heavy (non-hydrogen) atoms. The third-order valence-corrected chi connectivity index (χ3v) is 2.82. The van der Waals surface area contributed by atoms with Crippen molar-refractivity contribution in [2.45, 2.75) is 34.1 Å². The Morgan fingerprint density at radius 2 is 1.69 bits per heavy atom. The highest BCUT2D eigenvalue weighted by Gasteiger charge is 2.09. The molecule has 0 unspecified atom stereocenters. The van der Waals surface area contributed by atoms with Crippen molar-refractivity contribution in [2.24, 2.45) is 0 Å². The number of nitrogens with zero attached hydrogens (tertiary/aromatic N) is 1. The molecule has 0 aliphatic heterocycles. The molecule has 1 aromatic carbocycles. The average Bonchev–Trinajstić information content (AvgIpc) is 2.12. The maximum absolute atomic E-state index is 11.0. The van der Waals surface area contributed by atoms with Crippen LogP contribution in [-0.2, 0) is 4.79 Å². The smallest absolute Gasteiger partial charge is 0.131 e. The van der Waals surface area contributed by atoms with E-state index < -0.39 is 0 Å². The predicted molar refractivity (Wildman–Crippen MR) is 69.2 cm³/mol. The topological polar surface area (TPSA) is 20.3 Å². The van der Waals surface area contributed by atoms with Crippen LogP contribution >= 0.6 is 0 Å². The number of rotatable bonds is 4. The van der Waals surface area contributed by atoms with Gasteiger partial charge in [0.1, 0.15) is 5.78 Å². The molecule has 2 heteroatoms. The number of anilines is 1. The Morgan fingerprint density at radius 1 is 1.19 bits per heavy atom. The molecule has 0 atom stereocenters. The molecule has 0 heterocycles. The van der Waals surface area contributed by atoms with E-state index in [1.165, 1.54) is 22.4 Å². The van der Waals surface area contributed by atoms with E-state index in [9.17, 15) is 4.79 Å². The minimum Gasteiger partial charge on any atom is -0.374 e. The predicted octanol–water partition coefficient (Wildman–Crippen LogP) is 3.03. The second kappa shape index (κ2) is 5.15. The van der Waals surface area contributed by atoms with Gasteiger partial charge in [-0.25, -0.2) is 0 Å². The molecule has 0 aliphatic carbocycles. The first kappa shape index (κ1) is 12.8. The van der Waals surface area contributed by atoms with Crippen LogP contribution in [0.5, 0.6) is 0 Å². The standard InChI is InChI=1S/C14H21NO/c1-10-8-11(2)14(12(3)9-10)15(5)7-6-13(4)16/h8-9H,6-7H2,1-5H3. The Balaban J connectivity index is 2.90. The van der Waals surface area contributed by atoms with Crippen LogP contribution in [0.1, 0.15) is 30.0 Å². The molecule has 0 saturated heterocycles. The second-order valence-corrected chi connectivity index (χ2v) is 4.62. The Labute approximate surface area is 98.3 Å². The van der Waals surface area contributed by atoms with E-state index in [1.54, 1.807) is 6.92 Å². The molecule has 0 bridgehead atoms. The minimum atomic E-state index is 0.245. The molecular formula is C14H21NO. The summed E-state index contributed by atoms with van der Waals surface area (Å²) in [6.45, 7) is 8.79. The molecule has 0 amide bonds. The summed E-state index contributed by atoms with van der Waals surface area (Å²) >= 11 is 0. The van der Waals surface area contributed by atoms with Crippen LogP contribution in [0.15, 0.2) is 12.1 Å². The van der Waals surface area contributed by atoms with Crippen LogP contribution in [0.3, 0.4) is 0 Å². The fourth-order valence-electron chi connectivity index (χ4n) is 2.21. The van der Waals surface area contributed by atoms with Crippen LogP contribution in [0.4, 0.5) is 5.69 Å². The van der Waals surface area contributed by atoms with Gasteiger partial charge in [-0.05, 0) is 38.8 Å². The highest BCUT2D eigenvalue weighted by molar-refractivity contribution is 5.76. The first-order valence-corrected chi connectivity index (χ1v) is 5.70. The fourth-order valence-corrected chi connectivity index (χ4v) is 2.21. The van der Waals surface area contributed by atoms with Crippen LogP contribution in [0.2, 0.25) is 0 Å². The lowest BCUT2D eigenvalue weighted by molar-refractivity contribution is -0.116. The molecular weight excluding hydrogens is 198 g/mol. The summed E-state index contributed by atoms with van der Waals surface area (Å²) < 4.78 is 0. The molecule has 2 nitrogen and oxygen atoms in total. The molecule has 0 saturated carbocycles. The maximum atomic E-state index is 11.0. The molecule has 88 valence electrons. The highest BCUT2D eigenvalue weighted by atomic mass is 16.1. The number of carbonyl (C=O) groups excluding carboxylic acids is 1. The van der Waals surface area contributed by atoms with Crippen molar-refractivity contribution in [3.05, 3.63) is 28.8 Å². The van der Waals surface area contributed by atoms with Gasteiger partial charge in [0.2, 0.25) is 0 Å². The molecule has 1 rings (SSSR count). The van der Waals surface area contributed by atoms with Crippen LogP contribution < -0.4 is 4.90 Å². The molecule has 0 N–H and O–H groups in total. The van der Waals surface area contributed by atoms with Crippen molar-refractivity contribution >= 4 is 11.5 Å². The van der Waals surface area contributed by atoms with E-state index in [2.05, 4.69) is 37.8 Å². The minimum absolute atomic E-state index is 0.245. The van der Waals surface area contributed by atoms with Crippen molar-refractivity contribution in [3.63, 3.8) is 0 Å². The fraction of sp³-hybridized carbons (Fsp3) is 0.500. The Hall–Kier alpha value is -1.31. The average molecular weight is 219 g/mol. The van der Waals surface area contributed by atoms with Gasteiger partial charge in [0.25, 0.3) is 0 Å². The first-order chi connectivity index (χ1) is 7.41. The van der Waals surface area contributed by atoms with E-state index >= 15 is 0 Å². The van der Waals surface area contributed by atoms with Gasteiger partial charge in [-0.2, -0.15) is 0 Å². The SMILES string of the molecule is CC(=O)CCN(C)c1c(C)cc(C)cc1C. The molecule has 0 spiro atoms. The van der Waals surface area contributed by atoms with Crippen molar-refractivity contribution in [1.29, 1.82) is 0 Å². The zero-order chi connectivity index (χ0) is 12.3. The van der Waals surface area contributed by atoms with Crippen LogP contribution in [-0.4, -0.2) is 19.4 Å². The van der Waals surface area contributed by atoms with Crippen LogP contribution in [0.25, 0.3) is 0 Å². The lowest BCUT2D eigenvalue weighted by Crippen LogP contribution is -2.22. The molecule has 0 aliphatic rings. The number of hydrogen-bond donors (Lipinski definition) is 0. The lowest BCUT2D eigenvalue weighted by atomic mass is 10.0. The van der Waals surface area contributed by atoms with Crippen molar-refractivity contribution in [1.82, 2.24) is 0 Å². The van der Waals surface area contributed by atoms with Crippen LogP contribution in [0, 0.1) is 20.8 Å². The van der Waals surface area contributed by atoms with Gasteiger partial charge in [-0.3, -0.25) is 4.79 Å². The monoisotopic (exact) mass is 219 g/mol. The van der Waals surface area contributed by atoms with Gasteiger partial charge < -0.3 is 4.90 Å². The zero-order valence-electron chi connectivity index (χ0n) is 10.9. The third-order valence-electron chi connectivity index (χ3n) is 2.82. The van der Waals surface area contributed by atoms with E-state index in [4.69, 9.17) is 0 Å². The van der Waals surface area contributed by atoms with Crippen molar-refractivity contribution < 1.29 is 4.79 Å². The molecule has 0 radical (unpaired) electrons. The van der Waals surface area contributed by atoms with Gasteiger partial charge in [0, 0.05) is 25.7 Å². The van der Waals surface area contributed by atoms with Gasteiger partial charge in [-0.15, -0.1) is 0 Å². The zero-order valence-corrected chi connectivity index (χ0v) is 10.9. The van der Waals surface area contributed by atoms with Crippen molar-refractivity contribution in [3.8, 4) is 0 Å². The third kappa shape index (κ3) is 3.09. The Morgan fingerprint density at radius 3 is 2.12 bits per heavy atom. The lowest BCUT2D eigenvalue weighted by Gasteiger charge is -2.23. The number of aryl methyl sites for hydroxylation is 3. The second-order valence-electron chi connectivity index (χ2n) is 4.62. The number of hydrogen-bond acceptors (Lipinski definition) is 2. The Kier molecular flexibility index (Phi) is 4.11. The van der Waals surface area contributed by atoms with Gasteiger partial charge in [-0.1, -0.05) is 17.7 Å². The summed E-state index contributed by atoms with van der Waals surface area (Å²) in [5.74, 6) is 0.245. The summed E-state index contributed by atoms with van der Waals surface area (Å²) in [5, 5.41) is 0. The van der Waals surface area contributed by atoms with E-state index in [-0.39, 0.29) is 5.78 Å². The largest absolute Gasteiger partial charge is 0.374 e. The number of Topliss-reactive ketones (excluding diaryl/α,β-unsaturated/α-hetero) is 1. The Bertz CT molecular complexity index is 373. The van der Waals surface area contributed by atoms with E-state index in [0.717, 1.165) is 6.54 Å². The molecule has 0 fully saturated rings. The summed E-state index contributed by atoms with van der Waals surface area (Å²) in [5.41, 5.74) is 5.11. The number of ketones is 1. The van der Waals surface area contributed by atoms with Gasteiger partial charge in [0.15, 0.2) is 0 Å². The summed E-state index contributed by atoms with van der Waals surface area (Å²) in [7, 11) is 2.05. The first-order valence-electron chi connectivity index (χ1n) is 5.70.